The molecule has 20 heavy (non-hydrogen) atoms. The fourth-order valence-corrected chi connectivity index (χ4v) is 2.93. The molecular weight excluding hydrogens is 254 g/mol. The first kappa shape index (κ1) is 17.9. The second kappa shape index (κ2) is 9.72. The highest BCUT2D eigenvalue weighted by atomic mass is 16.5. The normalized spacial score (nSPS) is 26.7. The Kier molecular flexibility index (Phi) is 8.69. The van der Waals surface area contributed by atoms with Crippen molar-refractivity contribution in [2.45, 2.75) is 71.1 Å². The van der Waals surface area contributed by atoms with Gasteiger partial charge in [0.25, 0.3) is 0 Å². The summed E-state index contributed by atoms with van der Waals surface area (Å²) in [5.74, 6) is 1.20. The van der Waals surface area contributed by atoms with Crippen LogP contribution in [0.25, 0.3) is 0 Å². The van der Waals surface area contributed by atoms with Crippen molar-refractivity contribution in [3.63, 3.8) is 0 Å². The van der Waals surface area contributed by atoms with Crippen LogP contribution in [0.15, 0.2) is 0 Å². The van der Waals surface area contributed by atoms with E-state index in [1.54, 1.807) is 0 Å². The number of rotatable bonds is 9. The highest BCUT2D eigenvalue weighted by Gasteiger charge is 2.20. The number of hydrogen-bond acceptors (Lipinski definition) is 4. The van der Waals surface area contributed by atoms with Crippen molar-refractivity contribution in [3.8, 4) is 0 Å². The molecule has 4 heteroatoms. The quantitative estimate of drug-likeness (QED) is 0.606. The summed E-state index contributed by atoms with van der Waals surface area (Å²) in [6.45, 7) is 7.65. The molecule has 4 nitrogen and oxygen atoms in total. The van der Waals surface area contributed by atoms with Crippen LogP contribution in [0.2, 0.25) is 0 Å². The molecule has 0 amide bonds. The summed E-state index contributed by atoms with van der Waals surface area (Å²) in [5, 5.41) is 22.3. The van der Waals surface area contributed by atoms with Crippen LogP contribution >= 0.6 is 0 Å². The van der Waals surface area contributed by atoms with Crippen LogP contribution in [0.3, 0.4) is 0 Å². The second-order valence-corrected chi connectivity index (χ2v) is 6.65. The predicted molar refractivity (Wildman–Crippen MR) is 81.7 cm³/mol. The molecule has 0 aromatic carbocycles. The molecule has 0 heterocycles. The average molecular weight is 287 g/mol. The van der Waals surface area contributed by atoms with E-state index in [0.29, 0.717) is 25.2 Å². The monoisotopic (exact) mass is 287 g/mol. The van der Waals surface area contributed by atoms with Gasteiger partial charge in [-0.3, -0.25) is 0 Å². The molecule has 0 radical (unpaired) electrons. The lowest BCUT2D eigenvalue weighted by Crippen LogP contribution is -2.41. The number of aliphatic hydroxyl groups is 2. The largest absolute Gasteiger partial charge is 0.396 e. The molecule has 1 aliphatic rings. The SMILES string of the molecule is CC1CCCC(OCC(O)CNC(CCO)C(C)C)C1. The van der Waals surface area contributed by atoms with Gasteiger partial charge in [-0.1, -0.05) is 33.6 Å². The molecule has 0 saturated heterocycles. The van der Waals surface area contributed by atoms with Gasteiger partial charge in [-0.2, -0.15) is 0 Å². The fraction of sp³-hybridized carbons (Fsp3) is 1.00. The van der Waals surface area contributed by atoms with E-state index in [1.807, 2.05) is 0 Å². The predicted octanol–water partition coefficient (Wildman–Crippen LogP) is 1.94. The van der Waals surface area contributed by atoms with Gasteiger partial charge in [0.1, 0.15) is 0 Å². The van der Waals surface area contributed by atoms with E-state index in [9.17, 15) is 5.11 Å². The Morgan fingerprint density at radius 3 is 2.65 bits per heavy atom. The molecule has 0 spiro atoms. The van der Waals surface area contributed by atoms with Gasteiger partial charge in [0.05, 0.1) is 18.8 Å². The van der Waals surface area contributed by atoms with Crippen LogP contribution in [-0.4, -0.2) is 48.2 Å². The lowest BCUT2D eigenvalue weighted by Gasteiger charge is -2.28. The van der Waals surface area contributed by atoms with Crippen molar-refractivity contribution >= 4 is 0 Å². The van der Waals surface area contributed by atoms with Gasteiger partial charge in [0, 0.05) is 19.2 Å². The van der Waals surface area contributed by atoms with Gasteiger partial charge >= 0.3 is 0 Å². The van der Waals surface area contributed by atoms with Crippen LogP contribution < -0.4 is 5.32 Å². The van der Waals surface area contributed by atoms with Crippen molar-refractivity contribution in [1.82, 2.24) is 5.32 Å². The Morgan fingerprint density at radius 1 is 1.30 bits per heavy atom. The van der Waals surface area contributed by atoms with E-state index in [2.05, 4.69) is 26.1 Å². The van der Waals surface area contributed by atoms with Crippen molar-refractivity contribution in [3.05, 3.63) is 0 Å². The van der Waals surface area contributed by atoms with E-state index in [0.717, 1.165) is 25.2 Å². The Morgan fingerprint density at radius 2 is 2.05 bits per heavy atom. The Bertz CT molecular complexity index is 248. The van der Waals surface area contributed by atoms with Gasteiger partial charge < -0.3 is 20.3 Å². The molecule has 0 bridgehead atoms. The molecule has 1 saturated carbocycles. The van der Waals surface area contributed by atoms with Gasteiger partial charge in [-0.05, 0) is 31.1 Å². The molecule has 4 unspecified atom stereocenters. The fourth-order valence-electron chi connectivity index (χ4n) is 2.93. The number of hydrogen-bond donors (Lipinski definition) is 3. The van der Waals surface area contributed by atoms with Gasteiger partial charge in [0.2, 0.25) is 0 Å². The van der Waals surface area contributed by atoms with Crippen molar-refractivity contribution < 1.29 is 14.9 Å². The zero-order valence-corrected chi connectivity index (χ0v) is 13.3. The minimum atomic E-state index is -0.466. The Hall–Kier alpha value is -0.160. The Balaban J connectivity index is 2.17. The molecule has 1 aliphatic carbocycles. The minimum Gasteiger partial charge on any atom is -0.396 e. The Labute approximate surface area is 123 Å². The first-order valence-corrected chi connectivity index (χ1v) is 8.16. The zero-order chi connectivity index (χ0) is 15.0. The molecule has 1 fully saturated rings. The molecule has 3 N–H and O–H groups in total. The molecule has 0 aromatic heterocycles. The van der Waals surface area contributed by atoms with Gasteiger partial charge in [-0.25, -0.2) is 0 Å². The molecule has 1 rings (SSSR count). The lowest BCUT2D eigenvalue weighted by molar-refractivity contribution is -0.0316. The first-order valence-electron chi connectivity index (χ1n) is 8.16. The van der Waals surface area contributed by atoms with E-state index in [1.165, 1.54) is 12.8 Å². The lowest BCUT2D eigenvalue weighted by atomic mass is 9.89. The van der Waals surface area contributed by atoms with Crippen LogP contribution in [0.4, 0.5) is 0 Å². The second-order valence-electron chi connectivity index (χ2n) is 6.65. The maximum Gasteiger partial charge on any atom is 0.0897 e. The number of aliphatic hydroxyl groups excluding tert-OH is 2. The first-order chi connectivity index (χ1) is 9.52. The summed E-state index contributed by atoms with van der Waals surface area (Å²) in [4.78, 5) is 0. The maximum absolute atomic E-state index is 9.99. The maximum atomic E-state index is 9.99. The summed E-state index contributed by atoms with van der Waals surface area (Å²) in [7, 11) is 0. The zero-order valence-electron chi connectivity index (χ0n) is 13.3. The van der Waals surface area contributed by atoms with E-state index in [-0.39, 0.29) is 12.6 Å². The van der Waals surface area contributed by atoms with Gasteiger partial charge in [0.15, 0.2) is 0 Å². The average Bonchev–Trinajstić information content (AvgIpc) is 2.41. The number of nitrogens with one attached hydrogen (secondary N) is 1. The van der Waals surface area contributed by atoms with Crippen molar-refractivity contribution in [2.24, 2.45) is 11.8 Å². The smallest absolute Gasteiger partial charge is 0.0897 e. The summed E-state index contributed by atoms with van der Waals surface area (Å²) >= 11 is 0. The van der Waals surface area contributed by atoms with Crippen molar-refractivity contribution in [2.75, 3.05) is 19.8 Å². The summed E-state index contributed by atoms with van der Waals surface area (Å²) in [5.41, 5.74) is 0. The third-order valence-electron chi connectivity index (χ3n) is 4.27. The van der Waals surface area contributed by atoms with Crippen LogP contribution in [0.1, 0.15) is 52.9 Å². The summed E-state index contributed by atoms with van der Waals surface area (Å²) in [6, 6.07) is 0.254. The van der Waals surface area contributed by atoms with E-state index >= 15 is 0 Å². The third kappa shape index (κ3) is 7.02. The molecule has 120 valence electrons. The highest BCUT2D eigenvalue weighted by molar-refractivity contribution is 4.74. The van der Waals surface area contributed by atoms with Crippen molar-refractivity contribution in [1.29, 1.82) is 0 Å². The standard InChI is InChI=1S/C16H33NO3/c1-12(2)16(7-8-18)17-10-14(19)11-20-15-6-4-5-13(3)9-15/h12-19H,4-11H2,1-3H3. The minimum absolute atomic E-state index is 0.183. The molecule has 4 atom stereocenters. The van der Waals surface area contributed by atoms with Crippen LogP contribution in [0, 0.1) is 11.8 Å². The summed E-state index contributed by atoms with van der Waals surface area (Å²) < 4.78 is 5.83. The van der Waals surface area contributed by atoms with E-state index in [4.69, 9.17) is 9.84 Å². The highest BCUT2D eigenvalue weighted by Crippen LogP contribution is 2.25. The molecular formula is C16H33NO3. The van der Waals surface area contributed by atoms with Crippen LogP contribution in [-0.2, 0) is 4.74 Å². The van der Waals surface area contributed by atoms with E-state index < -0.39 is 6.10 Å². The van der Waals surface area contributed by atoms with Gasteiger partial charge in [-0.15, -0.1) is 0 Å². The number of ether oxygens (including phenoxy) is 1. The van der Waals surface area contributed by atoms with Crippen LogP contribution in [0.5, 0.6) is 0 Å². The molecule has 0 aromatic rings. The third-order valence-corrected chi connectivity index (χ3v) is 4.27. The molecule has 0 aliphatic heterocycles. The topological polar surface area (TPSA) is 61.7 Å². The summed E-state index contributed by atoms with van der Waals surface area (Å²) in [6.07, 6.45) is 5.39.